The average molecular weight is 563 g/mol. The molecule has 0 saturated heterocycles. The van der Waals surface area contributed by atoms with Gasteiger partial charge in [-0.1, -0.05) is 69.6 Å². The zero-order valence-electron chi connectivity index (χ0n) is 21.9. The molecule has 0 saturated carbocycles. The Morgan fingerprint density at radius 1 is 0.676 bits per heavy atom. The van der Waals surface area contributed by atoms with Crippen LogP contribution in [0.4, 0.5) is 8.78 Å². The lowest BCUT2D eigenvalue weighted by atomic mass is 9.85. The first-order valence-electron chi connectivity index (χ1n) is 12.3. The van der Waals surface area contributed by atoms with E-state index in [0.29, 0.717) is 15.8 Å². The summed E-state index contributed by atoms with van der Waals surface area (Å²) >= 11 is 3.45. The lowest BCUT2D eigenvalue weighted by molar-refractivity contribution is 0.0427. The van der Waals surface area contributed by atoms with Crippen molar-refractivity contribution in [1.82, 2.24) is 14.5 Å². The molecule has 0 N–H and O–H groups in total. The van der Waals surface area contributed by atoms with Crippen molar-refractivity contribution < 1.29 is 8.78 Å². The van der Waals surface area contributed by atoms with Crippen molar-refractivity contribution >= 4 is 37.7 Å². The Kier molecular flexibility index (Phi) is 6.02. The minimum absolute atomic E-state index is 0.0386. The second-order valence-corrected chi connectivity index (χ2v) is 12.6. The number of fused-ring (bicyclic) bond motifs is 3. The molecule has 3 heterocycles. The SMILES string of the molecule is CC(C)(C)c1cc(Br)cc(C(F)(F)c2ccc3c4cnccc4n(-c4cc(C(C)(C)C)ccn4)c3c2)c1. The van der Waals surface area contributed by atoms with Gasteiger partial charge < -0.3 is 0 Å². The maximum atomic E-state index is 16.1. The zero-order chi connectivity index (χ0) is 26.8. The summed E-state index contributed by atoms with van der Waals surface area (Å²) in [5, 5.41) is 1.75. The zero-order valence-corrected chi connectivity index (χ0v) is 23.5. The Balaban J connectivity index is 1.76. The van der Waals surface area contributed by atoms with Crippen molar-refractivity contribution in [2.45, 2.75) is 58.3 Å². The van der Waals surface area contributed by atoms with E-state index in [1.54, 1.807) is 36.8 Å². The van der Waals surface area contributed by atoms with E-state index in [1.807, 2.05) is 49.6 Å². The van der Waals surface area contributed by atoms with Crippen molar-refractivity contribution in [1.29, 1.82) is 0 Å². The Hall–Kier alpha value is -3.12. The van der Waals surface area contributed by atoms with Crippen molar-refractivity contribution in [3.63, 3.8) is 0 Å². The Bertz CT molecular complexity index is 1640. The number of halogens is 3. The van der Waals surface area contributed by atoms with E-state index in [4.69, 9.17) is 0 Å². The van der Waals surface area contributed by atoms with Gasteiger partial charge in [-0.05, 0) is 64.4 Å². The van der Waals surface area contributed by atoms with Crippen LogP contribution in [0.2, 0.25) is 0 Å². The molecule has 0 aliphatic heterocycles. The van der Waals surface area contributed by atoms with Crippen molar-refractivity contribution in [3.8, 4) is 5.82 Å². The van der Waals surface area contributed by atoms with Crippen LogP contribution in [-0.4, -0.2) is 14.5 Å². The van der Waals surface area contributed by atoms with Gasteiger partial charge in [-0.25, -0.2) is 4.98 Å². The predicted octanol–water partition coefficient (Wildman–Crippen LogP) is 9.07. The van der Waals surface area contributed by atoms with E-state index in [9.17, 15) is 0 Å². The molecule has 3 aromatic heterocycles. The van der Waals surface area contributed by atoms with E-state index < -0.39 is 5.92 Å². The molecular weight excluding hydrogens is 532 g/mol. The number of hydrogen-bond donors (Lipinski definition) is 0. The highest BCUT2D eigenvalue weighted by Gasteiger charge is 2.36. The summed E-state index contributed by atoms with van der Waals surface area (Å²) in [7, 11) is 0. The first-order chi connectivity index (χ1) is 17.3. The third-order valence-electron chi connectivity index (χ3n) is 6.90. The van der Waals surface area contributed by atoms with E-state index >= 15 is 8.78 Å². The molecule has 0 amide bonds. The van der Waals surface area contributed by atoms with Gasteiger partial charge in [0.25, 0.3) is 5.92 Å². The van der Waals surface area contributed by atoms with Gasteiger partial charge in [0.2, 0.25) is 0 Å². The van der Waals surface area contributed by atoms with Crippen LogP contribution in [0.1, 0.15) is 63.8 Å². The molecule has 2 aromatic carbocycles. The Labute approximate surface area is 224 Å². The first-order valence-corrected chi connectivity index (χ1v) is 13.1. The van der Waals surface area contributed by atoms with Crippen molar-refractivity contribution in [2.24, 2.45) is 0 Å². The molecule has 5 aromatic rings. The third kappa shape index (κ3) is 4.56. The second-order valence-electron chi connectivity index (χ2n) is 11.7. The molecule has 37 heavy (non-hydrogen) atoms. The monoisotopic (exact) mass is 561 g/mol. The number of pyridine rings is 2. The van der Waals surface area contributed by atoms with E-state index in [-0.39, 0.29) is 22.0 Å². The van der Waals surface area contributed by atoms with Gasteiger partial charge in [0.15, 0.2) is 0 Å². The van der Waals surface area contributed by atoms with Gasteiger partial charge in [0, 0.05) is 45.0 Å². The Morgan fingerprint density at radius 2 is 1.38 bits per heavy atom. The van der Waals surface area contributed by atoms with Gasteiger partial charge in [-0.2, -0.15) is 8.78 Å². The highest BCUT2D eigenvalue weighted by atomic mass is 79.9. The van der Waals surface area contributed by atoms with Crippen LogP contribution in [0.25, 0.3) is 27.6 Å². The van der Waals surface area contributed by atoms with Crippen molar-refractivity contribution in [2.75, 3.05) is 0 Å². The molecule has 0 aliphatic carbocycles. The second kappa shape index (κ2) is 8.73. The van der Waals surface area contributed by atoms with E-state index in [0.717, 1.165) is 27.4 Å². The summed E-state index contributed by atoms with van der Waals surface area (Å²) in [4.78, 5) is 8.95. The normalized spacial score (nSPS) is 13.0. The standard InChI is InChI=1S/C31H30BrF2N3/c1-29(2,3)19-9-12-36-28(17-19)37-26-10-11-35-18-25(26)24-8-7-20(16-27(24)37)31(33,34)22-13-21(30(4,5)6)14-23(32)15-22/h7-18H,1-6H3. The number of nitrogens with zero attached hydrogens (tertiary/aromatic N) is 3. The van der Waals surface area contributed by atoms with E-state index in [2.05, 4.69) is 46.7 Å². The fourth-order valence-corrected chi connectivity index (χ4v) is 5.18. The van der Waals surface area contributed by atoms with E-state index in [1.165, 1.54) is 12.1 Å². The third-order valence-corrected chi connectivity index (χ3v) is 7.36. The maximum Gasteiger partial charge on any atom is 0.298 e. The molecule has 0 atom stereocenters. The van der Waals surface area contributed by atoms with Gasteiger partial charge in [-0.3, -0.25) is 9.55 Å². The lowest BCUT2D eigenvalue weighted by Gasteiger charge is -2.24. The fourth-order valence-electron chi connectivity index (χ4n) is 4.68. The van der Waals surface area contributed by atoms with Crippen LogP contribution in [0.3, 0.4) is 0 Å². The summed E-state index contributed by atoms with van der Waals surface area (Å²) in [6, 6.07) is 15.9. The van der Waals surface area contributed by atoms with Crippen LogP contribution < -0.4 is 0 Å². The molecule has 0 bridgehead atoms. The first kappa shape index (κ1) is 25.5. The molecule has 0 unspecified atom stereocenters. The van der Waals surface area contributed by atoms with Crippen LogP contribution >= 0.6 is 15.9 Å². The Morgan fingerprint density at radius 3 is 2.08 bits per heavy atom. The molecule has 0 spiro atoms. The van der Waals surface area contributed by atoms with Crippen LogP contribution in [-0.2, 0) is 16.8 Å². The van der Waals surface area contributed by atoms with Gasteiger partial charge in [0.05, 0.1) is 11.0 Å². The lowest BCUT2D eigenvalue weighted by Crippen LogP contribution is -2.18. The minimum Gasteiger partial charge on any atom is -0.294 e. The quantitative estimate of drug-likeness (QED) is 0.220. The number of benzene rings is 2. The van der Waals surface area contributed by atoms with Gasteiger partial charge >= 0.3 is 0 Å². The van der Waals surface area contributed by atoms with Gasteiger partial charge in [0.1, 0.15) is 5.82 Å². The smallest absolute Gasteiger partial charge is 0.294 e. The molecule has 6 heteroatoms. The maximum absolute atomic E-state index is 16.1. The number of hydrogen-bond acceptors (Lipinski definition) is 2. The molecular formula is C31H30BrF2N3. The number of rotatable bonds is 3. The summed E-state index contributed by atoms with van der Waals surface area (Å²) in [5.41, 5.74) is 3.06. The molecule has 3 nitrogen and oxygen atoms in total. The molecule has 0 radical (unpaired) electrons. The number of alkyl halides is 2. The van der Waals surface area contributed by atoms with Gasteiger partial charge in [-0.15, -0.1) is 0 Å². The topological polar surface area (TPSA) is 30.7 Å². The largest absolute Gasteiger partial charge is 0.298 e. The summed E-state index contributed by atoms with van der Waals surface area (Å²) in [5.74, 6) is -2.50. The molecule has 0 aliphatic rings. The summed E-state index contributed by atoms with van der Waals surface area (Å²) in [6.07, 6.45) is 5.28. The summed E-state index contributed by atoms with van der Waals surface area (Å²) in [6.45, 7) is 12.5. The van der Waals surface area contributed by atoms with Crippen LogP contribution in [0, 0.1) is 0 Å². The highest BCUT2D eigenvalue weighted by Crippen LogP contribution is 2.42. The highest BCUT2D eigenvalue weighted by molar-refractivity contribution is 9.10. The average Bonchev–Trinajstić information content (AvgIpc) is 3.16. The molecule has 5 rings (SSSR count). The number of aromatic nitrogens is 3. The fraction of sp³-hybridized carbons (Fsp3) is 0.290. The van der Waals surface area contributed by atoms with Crippen LogP contribution in [0.5, 0.6) is 0 Å². The molecule has 0 fully saturated rings. The summed E-state index contributed by atoms with van der Waals surface area (Å²) < 4.78 is 34.8. The van der Waals surface area contributed by atoms with Crippen molar-refractivity contribution in [3.05, 3.63) is 99.9 Å². The predicted molar refractivity (Wildman–Crippen MR) is 151 cm³/mol. The minimum atomic E-state index is -3.20. The van der Waals surface area contributed by atoms with Crippen LogP contribution in [0.15, 0.2) is 77.7 Å². The molecule has 190 valence electrons.